The van der Waals surface area contributed by atoms with Gasteiger partial charge in [0.15, 0.2) is 5.82 Å². The van der Waals surface area contributed by atoms with Gasteiger partial charge in [0.1, 0.15) is 17.0 Å². The van der Waals surface area contributed by atoms with Gasteiger partial charge in [0.05, 0.1) is 22.1 Å². The predicted octanol–water partition coefficient (Wildman–Crippen LogP) is 9.94. The molecule has 6 aromatic carbocycles. The lowest BCUT2D eigenvalue weighted by Crippen LogP contribution is -2.29. The summed E-state index contributed by atoms with van der Waals surface area (Å²) in [6.07, 6.45) is 0. The van der Waals surface area contributed by atoms with E-state index in [1.807, 2.05) is 12.1 Å². The Morgan fingerprint density at radius 3 is 2.30 bits per heavy atom. The zero-order valence-electron chi connectivity index (χ0n) is 23.8. The van der Waals surface area contributed by atoms with Gasteiger partial charge in [0.2, 0.25) is 0 Å². The largest absolute Gasteiger partial charge is 0.456 e. The summed E-state index contributed by atoms with van der Waals surface area (Å²) in [6, 6.07) is 43.4. The van der Waals surface area contributed by atoms with Crippen LogP contribution in [0, 0.1) is 0 Å². The maximum atomic E-state index is 6.15. The van der Waals surface area contributed by atoms with E-state index in [1.54, 1.807) is 0 Å². The minimum Gasteiger partial charge on any atom is -0.456 e. The van der Waals surface area contributed by atoms with Crippen LogP contribution in [-0.4, -0.2) is 14.5 Å². The number of para-hydroxylation sites is 2. The molecule has 0 saturated carbocycles. The second kappa shape index (κ2) is 7.61. The summed E-state index contributed by atoms with van der Waals surface area (Å²) >= 11 is 0. The van der Waals surface area contributed by atoms with Crippen LogP contribution in [0.2, 0.25) is 0 Å². The first-order valence-corrected chi connectivity index (χ1v) is 15.1. The Morgan fingerprint density at radius 1 is 0.614 bits per heavy atom. The lowest BCUT2D eigenvalue weighted by molar-refractivity contribution is 0.669. The first-order valence-electron chi connectivity index (χ1n) is 15.1. The Labute approximate surface area is 251 Å². The fourth-order valence-corrected chi connectivity index (χ4v) is 8.18. The molecular weight excluding hydrogens is 538 g/mol. The summed E-state index contributed by atoms with van der Waals surface area (Å²) in [6.45, 7) is 2.36. The summed E-state index contributed by atoms with van der Waals surface area (Å²) in [7, 11) is 0. The van der Waals surface area contributed by atoms with Crippen LogP contribution in [0.15, 0.2) is 126 Å². The molecule has 0 radical (unpaired) electrons. The first-order chi connectivity index (χ1) is 21.7. The molecule has 1 aliphatic heterocycles. The van der Waals surface area contributed by atoms with Gasteiger partial charge in [-0.3, -0.25) is 4.57 Å². The van der Waals surface area contributed by atoms with E-state index in [1.165, 1.54) is 54.8 Å². The third kappa shape index (κ3) is 2.58. The van der Waals surface area contributed by atoms with Gasteiger partial charge in [-0.1, -0.05) is 84.9 Å². The summed E-state index contributed by atoms with van der Waals surface area (Å²) in [5.41, 5.74) is 10.7. The van der Waals surface area contributed by atoms with Gasteiger partial charge in [-0.15, -0.1) is 0 Å². The fourth-order valence-electron chi connectivity index (χ4n) is 8.18. The zero-order valence-corrected chi connectivity index (χ0v) is 23.8. The highest BCUT2D eigenvalue weighted by atomic mass is 16.3. The van der Waals surface area contributed by atoms with Crippen molar-refractivity contribution in [1.29, 1.82) is 0 Å². The number of hydrogen-bond donors (Lipinski definition) is 0. The molecule has 4 nitrogen and oxygen atoms in total. The highest BCUT2D eigenvalue weighted by Gasteiger charge is 2.49. The quantitative estimate of drug-likeness (QED) is 0.200. The topological polar surface area (TPSA) is 43.9 Å². The maximum Gasteiger partial charge on any atom is 0.162 e. The summed E-state index contributed by atoms with van der Waals surface area (Å²) in [5.74, 6) is 1.69. The van der Waals surface area contributed by atoms with Crippen LogP contribution >= 0.6 is 0 Å². The van der Waals surface area contributed by atoms with Gasteiger partial charge in [-0.25, -0.2) is 9.97 Å². The highest BCUT2D eigenvalue weighted by Crippen LogP contribution is 2.58. The minimum atomic E-state index is -0.367. The molecule has 0 saturated heterocycles. The molecule has 0 bridgehead atoms. The Balaban J connectivity index is 1.31. The van der Waals surface area contributed by atoms with Gasteiger partial charge in [-0.2, -0.15) is 0 Å². The van der Waals surface area contributed by atoms with Crippen molar-refractivity contribution in [1.82, 2.24) is 14.5 Å². The molecule has 4 heterocycles. The van der Waals surface area contributed by atoms with Crippen LogP contribution in [-0.2, 0) is 5.41 Å². The number of hydrogen-bond acceptors (Lipinski definition) is 3. The van der Waals surface area contributed by atoms with E-state index >= 15 is 0 Å². The predicted molar refractivity (Wildman–Crippen MR) is 178 cm³/mol. The number of benzene rings is 6. The third-order valence-corrected chi connectivity index (χ3v) is 10.2. The lowest BCUT2D eigenvalue weighted by Gasteiger charge is -2.34. The summed E-state index contributed by atoms with van der Waals surface area (Å²) in [5, 5.41) is 7.15. The Morgan fingerprint density at radius 2 is 1.36 bits per heavy atom. The van der Waals surface area contributed by atoms with Crippen LogP contribution in [0.4, 0.5) is 0 Å². The van der Waals surface area contributed by atoms with Gasteiger partial charge < -0.3 is 4.42 Å². The number of aromatic nitrogens is 3. The maximum absolute atomic E-state index is 6.15. The number of rotatable bonds is 1. The van der Waals surface area contributed by atoms with Crippen molar-refractivity contribution in [3.05, 3.63) is 138 Å². The molecular formula is C40H23N3O. The molecule has 44 heavy (non-hydrogen) atoms. The van der Waals surface area contributed by atoms with E-state index < -0.39 is 0 Å². The van der Waals surface area contributed by atoms with E-state index in [0.29, 0.717) is 0 Å². The van der Waals surface area contributed by atoms with Gasteiger partial charge in [0, 0.05) is 38.2 Å². The number of furan rings is 1. The van der Waals surface area contributed by atoms with Gasteiger partial charge in [-0.05, 0) is 65.2 Å². The summed E-state index contributed by atoms with van der Waals surface area (Å²) in [4.78, 5) is 10.9. The van der Waals surface area contributed by atoms with Crippen molar-refractivity contribution in [2.24, 2.45) is 0 Å². The molecule has 0 amide bonds. The van der Waals surface area contributed by atoms with Crippen LogP contribution in [0.3, 0.4) is 0 Å². The zero-order chi connectivity index (χ0) is 28.7. The number of nitrogens with zero attached hydrogens (tertiary/aromatic N) is 3. The standard InChI is InChI=1S/C40H23N3O/c1-40-30-14-6-4-12-27(30)36-35(40)39(42-38(41-36)24-17-18-34-29(20-24)25-11-5-7-16-33(25)44-34)43-32-21-23-10-3-2-9-22(23)19-28(32)26-13-8-15-31(40)37(26)43/h2-21H,1H3. The van der Waals surface area contributed by atoms with Gasteiger partial charge in [0.25, 0.3) is 0 Å². The van der Waals surface area contributed by atoms with Crippen molar-refractivity contribution in [2.75, 3.05) is 0 Å². The van der Waals surface area contributed by atoms with E-state index in [9.17, 15) is 0 Å². The Hall–Kier alpha value is -5.74. The lowest BCUT2D eigenvalue weighted by atomic mass is 9.72. The molecule has 0 fully saturated rings. The van der Waals surface area contributed by atoms with Crippen molar-refractivity contribution >= 4 is 54.5 Å². The SMILES string of the molecule is CC12c3ccccc3-c3nc(-c4ccc5oc6ccccc6c5c4)nc(c31)-n1c3cc4ccccc4cc3c3cccc2c31. The van der Waals surface area contributed by atoms with Crippen molar-refractivity contribution < 1.29 is 4.42 Å². The van der Waals surface area contributed by atoms with Crippen molar-refractivity contribution in [2.45, 2.75) is 12.3 Å². The second-order valence-corrected chi connectivity index (χ2v) is 12.3. The van der Waals surface area contributed by atoms with Crippen molar-refractivity contribution in [3.63, 3.8) is 0 Å². The molecule has 0 N–H and O–H groups in total. The molecule has 9 aromatic rings. The van der Waals surface area contributed by atoms with Crippen molar-refractivity contribution in [3.8, 4) is 28.5 Å². The molecule has 11 rings (SSSR count). The molecule has 204 valence electrons. The van der Waals surface area contributed by atoms with Crippen LogP contribution in [0.5, 0.6) is 0 Å². The molecule has 3 aromatic heterocycles. The second-order valence-electron chi connectivity index (χ2n) is 12.3. The normalized spacial score (nSPS) is 16.4. The molecule has 1 unspecified atom stereocenters. The molecule has 0 spiro atoms. The first kappa shape index (κ1) is 22.8. The van der Waals surface area contributed by atoms with Crippen LogP contribution < -0.4 is 0 Å². The summed E-state index contributed by atoms with van der Waals surface area (Å²) < 4.78 is 8.56. The van der Waals surface area contributed by atoms with Crippen LogP contribution in [0.25, 0.3) is 83.0 Å². The number of fused-ring (bicyclic) bond motifs is 12. The highest BCUT2D eigenvalue weighted by molar-refractivity contribution is 6.16. The molecule has 1 atom stereocenters. The average molecular weight is 562 g/mol. The average Bonchev–Trinajstić information content (AvgIpc) is 3.69. The van der Waals surface area contributed by atoms with E-state index in [0.717, 1.165) is 44.8 Å². The minimum absolute atomic E-state index is 0.367. The molecule has 2 aliphatic rings. The Bertz CT molecular complexity index is 2750. The van der Waals surface area contributed by atoms with Crippen LogP contribution in [0.1, 0.15) is 23.6 Å². The Kier molecular flexibility index (Phi) is 3.94. The van der Waals surface area contributed by atoms with Gasteiger partial charge >= 0.3 is 0 Å². The fraction of sp³-hybridized carbons (Fsp3) is 0.0500. The van der Waals surface area contributed by atoms with E-state index in [-0.39, 0.29) is 5.41 Å². The van der Waals surface area contributed by atoms with E-state index in [4.69, 9.17) is 14.4 Å². The molecule has 4 heteroatoms. The third-order valence-electron chi connectivity index (χ3n) is 10.2. The smallest absolute Gasteiger partial charge is 0.162 e. The van der Waals surface area contributed by atoms with E-state index in [2.05, 4.69) is 121 Å². The monoisotopic (exact) mass is 561 g/mol. The molecule has 1 aliphatic carbocycles.